The molecule has 0 bridgehead atoms. The second kappa shape index (κ2) is 7.59. The summed E-state index contributed by atoms with van der Waals surface area (Å²) in [6.07, 6.45) is -0.0326. The van der Waals surface area contributed by atoms with E-state index in [0.29, 0.717) is 5.30 Å². The molecule has 2 unspecified atom stereocenters. The van der Waals surface area contributed by atoms with Crippen LogP contribution in [0.3, 0.4) is 0 Å². The van der Waals surface area contributed by atoms with Crippen molar-refractivity contribution in [1.82, 2.24) is 0 Å². The topological polar surface area (TPSA) is 50.1 Å². The lowest BCUT2D eigenvalue weighted by atomic mass is 10.1. The van der Waals surface area contributed by atoms with Crippen molar-refractivity contribution in [1.29, 1.82) is 5.26 Å². The minimum atomic E-state index is -3.21. The third-order valence-corrected chi connectivity index (χ3v) is 6.69. The molecule has 3 nitrogen and oxygen atoms in total. The van der Waals surface area contributed by atoms with Crippen LogP contribution in [0.15, 0.2) is 54.6 Å². The average molecular weight is 327 g/mol. The lowest BCUT2D eigenvalue weighted by Gasteiger charge is -2.28. The van der Waals surface area contributed by atoms with Crippen molar-refractivity contribution >= 4 is 12.7 Å². The Morgan fingerprint density at radius 1 is 1.09 bits per heavy atom. The van der Waals surface area contributed by atoms with Gasteiger partial charge in [0.1, 0.15) is 0 Å². The van der Waals surface area contributed by atoms with Crippen LogP contribution in [0.2, 0.25) is 0 Å². The highest BCUT2D eigenvalue weighted by atomic mass is 31.2. The Morgan fingerprint density at radius 2 is 1.70 bits per heavy atom. The number of benzene rings is 2. The molecule has 0 aliphatic carbocycles. The first-order valence-electron chi connectivity index (χ1n) is 7.74. The largest absolute Gasteiger partial charge is 0.322 e. The van der Waals surface area contributed by atoms with Gasteiger partial charge in [0.05, 0.1) is 24.3 Å². The standard InChI is InChI=1S/C19H22NO2P/c1-15(2)22-23(21,18-7-5-4-6-8-18)19(13-14-20)17-11-9-16(3)10-12-17/h4-12,15,19H,13H2,1-3H3. The fraction of sp³-hybridized carbons (Fsp3) is 0.316. The summed E-state index contributed by atoms with van der Waals surface area (Å²) >= 11 is 0. The van der Waals surface area contributed by atoms with Crippen LogP contribution in [0.25, 0.3) is 0 Å². The molecule has 0 aliphatic rings. The van der Waals surface area contributed by atoms with Crippen molar-refractivity contribution in [3.8, 4) is 6.07 Å². The molecular formula is C19H22NO2P. The summed E-state index contributed by atoms with van der Waals surface area (Å²) in [5.41, 5.74) is 1.55. The van der Waals surface area contributed by atoms with E-state index in [1.165, 1.54) is 0 Å². The summed E-state index contributed by atoms with van der Waals surface area (Å²) in [6, 6.07) is 19.2. The number of rotatable bonds is 6. The van der Waals surface area contributed by atoms with Crippen LogP contribution in [0.4, 0.5) is 0 Å². The van der Waals surface area contributed by atoms with Gasteiger partial charge < -0.3 is 4.52 Å². The summed E-state index contributed by atoms with van der Waals surface area (Å²) < 4.78 is 19.8. The van der Waals surface area contributed by atoms with Crippen LogP contribution in [0.1, 0.15) is 37.1 Å². The van der Waals surface area contributed by atoms with Crippen LogP contribution >= 0.6 is 7.37 Å². The molecule has 0 saturated carbocycles. The normalized spacial score (nSPS) is 14.9. The van der Waals surface area contributed by atoms with Crippen LogP contribution in [0.5, 0.6) is 0 Å². The lowest BCUT2D eigenvalue weighted by Crippen LogP contribution is -2.17. The Morgan fingerprint density at radius 3 is 2.22 bits per heavy atom. The molecule has 0 N–H and O–H groups in total. The highest BCUT2D eigenvalue weighted by Crippen LogP contribution is 2.61. The van der Waals surface area contributed by atoms with Crippen molar-refractivity contribution in [3.05, 3.63) is 65.7 Å². The van der Waals surface area contributed by atoms with E-state index in [2.05, 4.69) is 6.07 Å². The highest BCUT2D eigenvalue weighted by Gasteiger charge is 2.38. The van der Waals surface area contributed by atoms with E-state index < -0.39 is 13.0 Å². The molecule has 0 amide bonds. The van der Waals surface area contributed by atoms with E-state index in [1.54, 1.807) is 0 Å². The van der Waals surface area contributed by atoms with Crippen molar-refractivity contribution < 1.29 is 9.09 Å². The first-order chi connectivity index (χ1) is 11.0. The number of aryl methyl sites for hydroxylation is 1. The number of nitrogens with zero attached hydrogens (tertiary/aromatic N) is 1. The van der Waals surface area contributed by atoms with Gasteiger partial charge in [-0.3, -0.25) is 4.57 Å². The highest BCUT2D eigenvalue weighted by molar-refractivity contribution is 7.67. The fourth-order valence-electron chi connectivity index (χ4n) is 2.57. The Labute approximate surface area is 138 Å². The zero-order valence-electron chi connectivity index (χ0n) is 13.8. The van der Waals surface area contributed by atoms with E-state index in [1.807, 2.05) is 75.4 Å². The molecule has 0 fully saturated rings. The average Bonchev–Trinajstić information content (AvgIpc) is 2.54. The predicted molar refractivity (Wildman–Crippen MR) is 94.1 cm³/mol. The summed E-state index contributed by atoms with van der Waals surface area (Å²) in [5.74, 6) is 0. The van der Waals surface area contributed by atoms with E-state index in [4.69, 9.17) is 4.52 Å². The third-order valence-electron chi connectivity index (χ3n) is 3.64. The van der Waals surface area contributed by atoms with Crippen LogP contribution in [-0.4, -0.2) is 6.10 Å². The first kappa shape index (κ1) is 17.5. The maximum Gasteiger partial charge on any atom is 0.240 e. The maximum atomic E-state index is 13.8. The minimum Gasteiger partial charge on any atom is -0.322 e. The minimum absolute atomic E-state index is 0.155. The Hall–Kier alpha value is -1.88. The summed E-state index contributed by atoms with van der Waals surface area (Å²) in [4.78, 5) is 0. The molecular weight excluding hydrogens is 305 g/mol. The molecule has 0 aromatic heterocycles. The SMILES string of the molecule is Cc1ccc(C(CC#N)P(=O)(OC(C)C)c2ccccc2)cc1. The van der Waals surface area contributed by atoms with Gasteiger partial charge in [-0.05, 0) is 38.5 Å². The van der Waals surface area contributed by atoms with Gasteiger partial charge in [0.2, 0.25) is 7.37 Å². The first-order valence-corrected chi connectivity index (χ1v) is 9.44. The second-order valence-corrected chi connectivity index (χ2v) is 8.42. The van der Waals surface area contributed by atoms with Gasteiger partial charge in [-0.25, -0.2) is 0 Å². The zero-order chi connectivity index (χ0) is 16.9. The lowest BCUT2D eigenvalue weighted by molar-refractivity contribution is 0.244. The quantitative estimate of drug-likeness (QED) is 0.703. The van der Waals surface area contributed by atoms with Crippen LogP contribution < -0.4 is 5.30 Å². The van der Waals surface area contributed by atoms with Crippen molar-refractivity contribution in [2.75, 3.05) is 0 Å². The fourth-order valence-corrected chi connectivity index (χ4v) is 5.30. The predicted octanol–water partition coefficient (Wildman–Crippen LogP) is 4.98. The van der Waals surface area contributed by atoms with Crippen molar-refractivity contribution in [3.63, 3.8) is 0 Å². The molecule has 0 heterocycles. The Kier molecular flexibility index (Phi) is 5.77. The molecule has 23 heavy (non-hydrogen) atoms. The molecule has 2 aromatic rings. The van der Waals surface area contributed by atoms with E-state index in [-0.39, 0.29) is 12.5 Å². The second-order valence-electron chi connectivity index (χ2n) is 5.88. The summed E-state index contributed by atoms with van der Waals surface area (Å²) in [5, 5.41) is 9.93. The summed E-state index contributed by atoms with van der Waals surface area (Å²) in [6.45, 7) is 5.74. The van der Waals surface area contributed by atoms with Gasteiger partial charge in [0, 0.05) is 5.30 Å². The van der Waals surface area contributed by atoms with Crippen LogP contribution in [-0.2, 0) is 9.09 Å². The molecule has 0 spiro atoms. The van der Waals surface area contributed by atoms with Crippen LogP contribution in [0, 0.1) is 18.3 Å². The monoisotopic (exact) mass is 327 g/mol. The number of nitriles is 1. The van der Waals surface area contributed by atoms with Crippen molar-refractivity contribution in [2.24, 2.45) is 0 Å². The summed E-state index contributed by atoms with van der Waals surface area (Å²) in [7, 11) is -3.21. The maximum absolute atomic E-state index is 13.8. The molecule has 0 saturated heterocycles. The zero-order valence-corrected chi connectivity index (χ0v) is 14.7. The van der Waals surface area contributed by atoms with Gasteiger partial charge in [-0.1, -0.05) is 48.0 Å². The molecule has 4 heteroatoms. The third kappa shape index (κ3) is 4.10. The van der Waals surface area contributed by atoms with E-state index >= 15 is 0 Å². The van der Waals surface area contributed by atoms with Crippen molar-refractivity contribution in [2.45, 2.75) is 39.0 Å². The molecule has 2 rings (SSSR count). The van der Waals surface area contributed by atoms with Gasteiger partial charge >= 0.3 is 0 Å². The van der Waals surface area contributed by atoms with Gasteiger partial charge in [-0.15, -0.1) is 0 Å². The Balaban J connectivity index is 2.56. The smallest absolute Gasteiger partial charge is 0.240 e. The Bertz CT molecular complexity index is 717. The molecule has 120 valence electrons. The molecule has 2 atom stereocenters. The molecule has 0 aliphatic heterocycles. The van der Waals surface area contributed by atoms with E-state index in [9.17, 15) is 9.83 Å². The van der Waals surface area contributed by atoms with Gasteiger partial charge in [-0.2, -0.15) is 5.26 Å². The molecule has 0 radical (unpaired) electrons. The number of hydrogen-bond acceptors (Lipinski definition) is 3. The van der Waals surface area contributed by atoms with Gasteiger partial charge in [0.15, 0.2) is 0 Å². The molecule has 2 aromatic carbocycles. The van der Waals surface area contributed by atoms with E-state index in [0.717, 1.165) is 11.1 Å². The number of hydrogen-bond donors (Lipinski definition) is 0. The van der Waals surface area contributed by atoms with Gasteiger partial charge in [0.25, 0.3) is 0 Å².